The molecule has 5 aromatic carbocycles. The van der Waals surface area contributed by atoms with Crippen LogP contribution in [0.4, 0.5) is 0 Å². The van der Waals surface area contributed by atoms with Gasteiger partial charge in [-0.1, -0.05) is 96.0 Å². The number of halogens is 2. The highest BCUT2D eigenvalue weighted by atomic mass is 35.5. The molecule has 0 radical (unpaired) electrons. The van der Waals surface area contributed by atoms with Crippen LogP contribution in [-0.2, 0) is 13.6 Å². The molecule has 6 aromatic rings. The predicted molar refractivity (Wildman–Crippen MR) is 172 cm³/mol. The highest BCUT2D eigenvalue weighted by Crippen LogP contribution is 2.55. The lowest BCUT2D eigenvalue weighted by atomic mass is 10.00. The van der Waals surface area contributed by atoms with Crippen LogP contribution in [0, 0.1) is 0 Å². The highest BCUT2D eigenvalue weighted by molar-refractivity contribution is 7.62. The number of hydrogen-bond acceptors (Lipinski definition) is 5. The molecule has 1 aliphatic rings. The third-order valence-electron chi connectivity index (χ3n) is 7.33. The molecule has 1 aliphatic heterocycles. The number of aromatic nitrogens is 2. The Labute approximate surface area is 258 Å². The molecule has 2 atom stereocenters. The van der Waals surface area contributed by atoms with Crippen molar-refractivity contribution in [2.24, 2.45) is 0 Å². The van der Waals surface area contributed by atoms with Crippen LogP contribution in [0.2, 0.25) is 10.0 Å². The minimum atomic E-state index is -3.60. The lowest BCUT2D eigenvalue weighted by molar-refractivity contribution is 0.0875. The fourth-order valence-corrected chi connectivity index (χ4v) is 7.44. The molecular weight excluding hydrogens is 602 g/mol. The Morgan fingerprint density at radius 2 is 1.58 bits per heavy atom. The third-order valence-corrected chi connectivity index (χ3v) is 9.84. The Hall–Kier alpha value is -3.90. The van der Waals surface area contributed by atoms with Crippen LogP contribution in [0.1, 0.15) is 18.1 Å². The number of H-pyrrole nitrogens is 1. The van der Waals surface area contributed by atoms with Crippen molar-refractivity contribution in [2.75, 3.05) is 6.61 Å². The maximum Gasteiger partial charge on any atom is 0.362 e. The van der Waals surface area contributed by atoms with Crippen LogP contribution < -0.4 is 10.0 Å². The summed E-state index contributed by atoms with van der Waals surface area (Å²) in [5, 5.41) is 1.59. The van der Waals surface area contributed by atoms with E-state index in [2.05, 4.69) is 46.4 Å². The second-order valence-corrected chi connectivity index (χ2v) is 13.0. The van der Waals surface area contributed by atoms with Gasteiger partial charge in [0.25, 0.3) is 6.01 Å². The van der Waals surface area contributed by atoms with Crippen molar-refractivity contribution in [2.45, 2.75) is 12.5 Å². The van der Waals surface area contributed by atoms with E-state index in [1.165, 1.54) is 0 Å². The molecule has 7 rings (SSSR count). The van der Waals surface area contributed by atoms with Gasteiger partial charge in [-0.3, -0.25) is 9.09 Å². The van der Waals surface area contributed by atoms with Gasteiger partial charge in [-0.05, 0) is 64.7 Å². The summed E-state index contributed by atoms with van der Waals surface area (Å²) in [4.78, 5) is 7.81. The first-order chi connectivity index (χ1) is 20.9. The number of rotatable bonds is 6. The smallest absolute Gasteiger partial charge is 0.362 e. The summed E-state index contributed by atoms with van der Waals surface area (Å²) in [7, 11) is -3.60. The number of aromatic amines is 1. The minimum absolute atomic E-state index is 0.278. The van der Waals surface area contributed by atoms with Crippen molar-refractivity contribution < 1.29 is 18.3 Å². The second kappa shape index (κ2) is 11.6. The first-order valence-electron chi connectivity index (χ1n) is 13.8. The standard InChI is InChI=1S/C34H25Cl2N2O4P/c35-26-9-4-8-25(18-26)33-16-17-40-43(39,42-33)28-11-5-10-27(19-28)41-34-37-31-20-29(30(36)21-32(31)38-34)24-14-12-23(13-15-24)22-6-2-1-3-7-22/h1-15,18-21,33H,16-17H2,(H,37,38). The van der Waals surface area contributed by atoms with E-state index >= 15 is 0 Å². The zero-order valence-electron chi connectivity index (χ0n) is 22.7. The summed E-state index contributed by atoms with van der Waals surface area (Å²) in [6.45, 7) is 0.293. The predicted octanol–water partition coefficient (Wildman–Crippen LogP) is 9.99. The van der Waals surface area contributed by atoms with Crippen LogP contribution in [0.3, 0.4) is 0 Å². The van der Waals surface area contributed by atoms with Crippen molar-refractivity contribution in [3.05, 3.63) is 131 Å². The van der Waals surface area contributed by atoms with E-state index in [0.717, 1.165) is 33.3 Å². The zero-order chi connectivity index (χ0) is 29.4. The Bertz CT molecular complexity index is 1980. The van der Waals surface area contributed by atoms with Crippen molar-refractivity contribution in [1.29, 1.82) is 0 Å². The molecule has 0 spiro atoms. The molecule has 1 aromatic heterocycles. The average molecular weight is 627 g/mol. The Balaban J connectivity index is 1.12. The number of nitrogens with one attached hydrogen (secondary N) is 1. The van der Waals surface area contributed by atoms with Gasteiger partial charge in [0.1, 0.15) is 5.75 Å². The highest BCUT2D eigenvalue weighted by Gasteiger charge is 2.36. The maximum absolute atomic E-state index is 13.8. The van der Waals surface area contributed by atoms with Crippen molar-refractivity contribution in [3.63, 3.8) is 0 Å². The van der Waals surface area contributed by atoms with Crippen LogP contribution in [0.15, 0.2) is 115 Å². The monoisotopic (exact) mass is 626 g/mol. The molecule has 1 fully saturated rings. The van der Waals surface area contributed by atoms with E-state index in [4.69, 9.17) is 37.0 Å². The maximum atomic E-state index is 13.8. The van der Waals surface area contributed by atoms with Gasteiger partial charge in [0.05, 0.1) is 34.1 Å². The average Bonchev–Trinajstić information content (AvgIpc) is 3.42. The van der Waals surface area contributed by atoms with Gasteiger partial charge in [-0.15, -0.1) is 0 Å². The molecule has 0 aliphatic carbocycles. The van der Waals surface area contributed by atoms with E-state index in [0.29, 0.717) is 39.6 Å². The Morgan fingerprint density at radius 1 is 0.814 bits per heavy atom. The van der Waals surface area contributed by atoms with Crippen molar-refractivity contribution >= 4 is 47.1 Å². The van der Waals surface area contributed by atoms with E-state index in [9.17, 15) is 4.57 Å². The van der Waals surface area contributed by atoms with Crippen LogP contribution in [0.5, 0.6) is 11.8 Å². The van der Waals surface area contributed by atoms with Crippen LogP contribution in [0.25, 0.3) is 33.3 Å². The molecular formula is C34H25Cl2N2O4P. The van der Waals surface area contributed by atoms with Gasteiger partial charge in [0.15, 0.2) is 0 Å². The largest absolute Gasteiger partial charge is 0.426 e. The first-order valence-corrected chi connectivity index (χ1v) is 16.1. The molecule has 0 saturated carbocycles. The summed E-state index contributed by atoms with van der Waals surface area (Å²) in [5.74, 6) is 0.437. The number of fused-ring (bicyclic) bond motifs is 1. The molecule has 214 valence electrons. The van der Waals surface area contributed by atoms with Gasteiger partial charge in [0.2, 0.25) is 0 Å². The molecule has 6 nitrogen and oxygen atoms in total. The molecule has 0 bridgehead atoms. The van der Waals surface area contributed by atoms with Gasteiger partial charge in [0, 0.05) is 17.0 Å². The van der Waals surface area contributed by atoms with Gasteiger partial charge in [-0.25, -0.2) is 0 Å². The molecule has 1 saturated heterocycles. The quantitative estimate of drug-likeness (QED) is 0.186. The number of hydrogen-bond donors (Lipinski definition) is 1. The lowest BCUT2D eigenvalue weighted by Crippen LogP contribution is -2.20. The summed E-state index contributed by atoms with van der Waals surface area (Å²) in [6, 6.07) is 36.8. The third kappa shape index (κ3) is 5.85. The van der Waals surface area contributed by atoms with E-state index < -0.39 is 13.7 Å². The minimum Gasteiger partial charge on any atom is -0.426 e. The first kappa shape index (κ1) is 27.9. The van der Waals surface area contributed by atoms with Crippen LogP contribution >= 0.6 is 30.8 Å². The molecule has 9 heteroatoms. The second-order valence-electron chi connectivity index (χ2n) is 10.2. The Morgan fingerprint density at radius 3 is 2.40 bits per heavy atom. The van der Waals surface area contributed by atoms with Crippen LogP contribution in [-0.4, -0.2) is 16.6 Å². The molecule has 43 heavy (non-hydrogen) atoms. The number of benzene rings is 5. The topological polar surface area (TPSA) is 73.4 Å². The molecule has 2 heterocycles. The van der Waals surface area contributed by atoms with Crippen molar-refractivity contribution in [3.8, 4) is 34.0 Å². The van der Waals surface area contributed by atoms with Gasteiger partial charge >= 0.3 is 7.60 Å². The number of ether oxygens (including phenoxy) is 1. The van der Waals surface area contributed by atoms with Gasteiger partial charge < -0.3 is 14.2 Å². The normalized spacial score (nSPS) is 18.5. The van der Waals surface area contributed by atoms with Gasteiger partial charge in [-0.2, -0.15) is 4.98 Å². The fourth-order valence-electron chi connectivity index (χ4n) is 5.18. The summed E-state index contributed by atoms with van der Waals surface area (Å²) in [6.07, 6.45) is 0.174. The summed E-state index contributed by atoms with van der Waals surface area (Å²) < 4.78 is 31.6. The van der Waals surface area contributed by atoms with Crippen molar-refractivity contribution in [1.82, 2.24) is 9.97 Å². The molecule has 1 N–H and O–H groups in total. The number of imidazole rings is 1. The summed E-state index contributed by atoms with van der Waals surface area (Å²) >= 11 is 12.9. The zero-order valence-corrected chi connectivity index (χ0v) is 25.2. The van der Waals surface area contributed by atoms with E-state index in [1.807, 2.05) is 48.5 Å². The van der Waals surface area contributed by atoms with E-state index in [-0.39, 0.29) is 6.01 Å². The lowest BCUT2D eigenvalue weighted by Gasteiger charge is -2.30. The SMILES string of the molecule is O=P1(c2cccc(Oc3nc4cc(-c5ccc(-c6ccccc6)cc5)c(Cl)cc4[nH]3)c2)OCCC(c2cccc(Cl)c2)O1. The summed E-state index contributed by atoms with van der Waals surface area (Å²) in [5.41, 5.74) is 6.43. The number of nitrogens with zero attached hydrogens (tertiary/aromatic N) is 1. The Kier molecular flexibility index (Phi) is 7.56. The van der Waals surface area contributed by atoms with E-state index in [1.54, 1.807) is 30.3 Å². The molecule has 0 amide bonds. The fraction of sp³-hybridized carbons (Fsp3) is 0.0882. The molecule has 2 unspecified atom stereocenters.